The number of rotatable bonds is 7. The van der Waals surface area contributed by atoms with Crippen LogP contribution in [0.1, 0.15) is 5.56 Å². The molecule has 1 aliphatic rings. The predicted octanol–water partition coefficient (Wildman–Crippen LogP) is 3.05. The molecule has 0 bridgehead atoms. The highest BCUT2D eigenvalue weighted by Crippen LogP contribution is 2.30. The lowest BCUT2D eigenvalue weighted by molar-refractivity contribution is -0.118. The maximum atomic E-state index is 12.1. The molecule has 3 amide bonds. The zero-order chi connectivity index (χ0) is 20.8. The molecule has 0 radical (unpaired) electrons. The summed E-state index contributed by atoms with van der Waals surface area (Å²) < 4.78 is 15.8. The van der Waals surface area contributed by atoms with Crippen molar-refractivity contribution in [1.29, 1.82) is 0 Å². The van der Waals surface area contributed by atoms with Crippen LogP contribution in [0, 0.1) is 0 Å². The highest BCUT2D eigenvalue weighted by molar-refractivity contribution is 8.18. The Morgan fingerprint density at radius 1 is 1.07 bits per heavy atom. The van der Waals surface area contributed by atoms with Gasteiger partial charge in [-0.2, -0.15) is 0 Å². The predicted molar refractivity (Wildman–Crippen MR) is 109 cm³/mol. The van der Waals surface area contributed by atoms with Crippen molar-refractivity contribution < 1.29 is 28.6 Å². The molecule has 1 fully saturated rings. The van der Waals surface area contributed by atoms with Gasteiger partial charge in [-0.25, -0.2) is 0 Å². The summed E-state index contributed by atoms with van der Waals surface area (Å²) in [7, 11) is 3.05. The molecule has 0 unspecified atom stereocenters. The fourth-order valence-electron chi connectivity index (χ4n) is 2.49. The summed E-state index contributed by atoms with van der Waals surface area (Å²) >= 11 is 0.853. The van der Waals surface area contributed by atoms with E-state index in [9.17, 15) is 14.4 Å². The summed E-state index contributed by atoms with van der Waals surface area (Å²) in [6.45, 7) is -0.179. The molecule has 8 nitrogen and oxygen atoms in total. The van der Waals surface area contributed by atoms with E-state index in [0.717, 1.165) is 17.3 Å². The van der Waals surface area contributed by atoms with Crippen LogP contribution in [-0.2, 0) is 9.59 Å². The average Bonchev–Trinajstić information content (AvgIpc) is 3.04. The topological polar surface area (TPSA) is 103 Å². The van der Waals surface area contributed by atoms with Gasteiger partial charge >= 0.3 is 0 Å². The lowest BCUT2D eigenvalue weighted by atomic mass is 10.2. The first-order chi connectivity index (χ1) is 14.0. The molecule has 3 rings (SSSR count). The first-order valence-corrected chi connectivity index (χ1v) is 9.29. The Morgan fingerprint density at radius 3 is 2.41 bits per heavy atom. The minimum Gasteiger partial charge on any atom is -0.493 e. The number of thioether (sulfide) groups is 1. The summed E-state index contributed by atoms with van der Waals surface area (Å²) in [5.41, 5.74) is 1.29. The number of nitrogens with one attached hydrogen (secondary N) is 2. The summed E-state index contributed by atoms with van der Waals surface area (Å²) in [6, 6.07) is 11.9. The molecule has 2 N–H and O–H groups in total. The number of carbonyl (C=O) groups excluding carboxylic acids is 3. The minimum absolute atomic E-state index is 0.179. The lowest BCUT2D eigenvalue weighted by Crippen LogP contribution is -2.20. The van der Waals surface area contributed by atoms with E-state index in [1.165, 1.54) is 14.2 Å². The van der Waals surface area contributed by atoms with Crippen LogP contribution in [0.3, 0.4) is 0 Å². The summed E-state index contributed by atoms with van der Waals surface area (Å²) in [5.74, 6) is 0.823. The molecule has 0 aliphatic carbocycles. The summed E-state index contributed by atoms with van der Waals surface area (Å²) in [6.07, 6.45) is 1.61. The van der Waals surface area contributed by atoms with Crippen LogP contribution in [0.25, 0.3) is 6.08 Å². The van der Waals surface area contributed by atoms with Crippen molar-refractivity contribution in [1.82, 2.24) is 5.32 Å². The molecular weight excluding hydrogens is 396 g/mol. The Hall–Kier alpha value is -3.46. The smallest absolute Gasteiger partial charge is 0.290 e. The molecule has 2 aromatic carbocycles. The van der Waals surface area contributed by atoms with Crippen LogP contribution < -0.4 is 24.8 Å². The molecule has 1 heterocycles. The molecule has 1 saturated heterocycles. The number of carbonyl (C=O) groups is 3. The number of hydrogen-bond donors (Lipinski definition) is 2. The molecule has 0 atom stereocenters. The Bertz CT molecular complexity index is 971. The van der Waals surface area contributed by atoms with Crippen molar-refractivity contribution in [3.8, 4) is 17.2 Å². The zero-order valence-electron chi connectivity index (χ0n) is 15.7. The van der Waals surface area contributed by atoms with Gasteiger partial charge < -0.3 is 19.5 Å². The Balaban J connectivity index is 1.55. The molecule has 150 valence electrons. The molecule has 9 heteroatoms. The number of imide groups is 1. The van der Waals surface area contributed by atoms with E-state index >= 15 is 0 Å². The van der Waals surface area contributed by atoms with E-state index in [1.54, 1.807) is 48.5 Å². The SMILES string of the molecule is COc1ccc(NC(=O)COc2ccc(/C=C3\SC(=O)NC3=O)cc2)cc1OC. The van der Waals surface area contributed by atoms with Crippen molar-refractivity contribution in [2.75, 3.05) is 26.1 Å². The molecule has 0 saturated carbocycles. The largest absolute Gasteiger partial charge is 0.493 e. The summed E-state index contributed by atoms with van der Waals surface area (Å²) in [5, 5.41) is 4.53. The first-order valence-electron chi connectivity index (χ1n) is 8.48. The lowest BCUT2D eigenvalue weighted by Gasteiger charge is -2.11. The molecule has 0 aromatic heterocycles. The number of anilines is 1. The highest BCUT2D eigenvalue weighted by atomic mass is 32.2. The van der Waals surface area contributed by atoms with Crippen molar-refractivity contribution in [3.63, 3.8) is 0 Å². The quantitative estimate of drug-likeness (QED) is 0.671. The van der Waals surface area contributed by atoms with Crippen molar-refractivity contribution in [2.45, 2.75) is 0 Å². The summed E-state index contributed by atoms with van der Waals surface area (Å²) in [4.78, 5) is 35.2. The van der Waals surface area contributed by atoms with Gasteiger partial charge in [0.25, 0.3) is 17.1 Å². The number of benzene rings is 2. The Morgan fingerprint density at radius 2 is 1.79 bits per heavy atom. The maximum absolute atomic E-state index is 12.1. The number of methoxy groups -OCH3 is 2. The third-order valence-electron chi connectivity index (χ3n) is 3.86. The highest BCUT2D eigenvalue weighted by Gasteiger charge is 2.24. The van der Waals surface area contributed by atoms with E-state index in [1.807, 2.05) is 0 Å². The Labute approximate surface area is 171 Å². The average molecular weight is 414 g/mol. The van der Waals surface area contributed by atoms with Gasteiger partial charge in [0.05, 0.1) is 19.1 Å². The van der Waals surface area contributed by atoms with Crippen LogP contribution in [0.5, 0.6) is 17.2 Å². The van der Waals surface area contributed by atoms with Gasteiger partial charge in [-0.3, -0.25) is 19.7 Å². The van der Waals surface area contributed by atoms with E-state index in [-0.39, 0.29) is 17.8 Å². The van der Waals surface area contributed by atoms with Crippen LogP contribution >= 0.6 is 11.8 Å². The normalized spacial score (nSPS) is 14.5. The molecule has 0 spiro atoms. The van der Waals surface area contributed by atoms with Crippen molar-refractivity contribution in [3.05, 3.63) is 52.9 Å². The minimum atomic E-state index is -0.410. The third kappa shape index (κ3) is 5.29. The monoisotopic (exact) mass is 414 g/mol. The first kappa shape index (κ1) is 20.3. The van der Waals surface area contributed by atoms with Crippen LogP contribution in [0.4, 0.5) is 10.5 Å². The van der Waals surface area contributed by atoms with Gasteiger partial charge in [0.2, 0.25) is 0 Å². The third-order valence-corrected chi connectivity index (χ3v) is 4.67. The molecule has 1 aliphatic heterocycles. The number of ether oxygens (including phenoxy) is 3. The second-order valence-corrected chi connectivity index (χ2v) is 6.84. The maximum Gasteiger partial charge on any atom is 0.290 e. The van der Waals surface area contributed by atoms with Crippen molar-refractivity contribution in [2.24, 2.45) is 0 Å². The van der Waals surface area contributed by atoms with E-state index in [0.29, 0.717) is 27.8 Å². The fourth-order valence-corrected chi connectivity index (χ4v) is 3.17. The van der Waals surface area contributed by atoms with Gasteiger partial charge in [-0.05, 0) is 47.7 Å². The number of amides is 3. The van der Waals surface area contributed by atoms with Crippen LogP contribution in [0.15, 0.2) is 47.4 Å². The van der Waals surface area contributed by atoms with Crippen LogP contribution in [0.2, 0.25) is 0 Å². The molecule has 29 heavy (non-hydrogen) atoms. The number of hydrogen-bond acceptors (Lipinski definition) is 7. The fraction of sp³-hybridized carbons (Fsp3) is 0.150. The van der Waals surface area contributed by atoms with Gasteiger partial charge in [0, 0.05) is 11.8 Å². The van der Waals surface area contributed by atoms with Gasteiger partial charge in [0.1, 0.15) is 5.75 Å². The van der Waals surface area contributed by atoms with Crippen molar-refractivity contribution >= 4 is 40.6 Å². The van der Waals surface area contributed by atoms with E-state index < -0.39 is 5.91 Å². The Kier molecular flexibility index (Phi) is 6.40. The van der Waals surface area contributed by atoms with Gasteiger partial charge in [-0.1, -0.05) is 12.1 Å². The zero-order valence-corrected chi connectivity index (χ0v) is 16.5. The second-order valence-electron chi connectivity index (χ2n) is 5.83. The van der Waals surface area contributed by atoms with E-state index in [2.05, 4.69) is 10.6 Å². The van der Waals surface area contributed by atoms with Gasteiger partial charge in [-0.15, -0.1) is 0 Å². The van der Waals surface area contributed by atoms with E-state index in [4.69, 9.17) is 14.2 Å². The van der Waals surface area contributed by atoms with Crippen LogP contribution in [-0.4, -0.2) is 37.9 Å². The second kappa shape index (κ2) is 9.16. The standard InChI is InChI=1S/C20H18N2O6S/c1-26-15-8-5-13(10-16(15)27-2)21-18(23)11-28-14-6-3-12(4-7-14)9-17-19(24)22-20(25)29-17/h3-10H,11H2,1-2H3,(H,21,23)(H,22,24,25)/b17-9-. The molecule has 2 aromatic rings. The molecular formula is C20H18N2O6S. The van der Waals surface area contributed by atoms with Gasteiger partial charge in [0.15, 0.2) is 18.1 Å².